The van der Waals surface area contributed by atoms with Crippen LogP contribution in [0.1, 0.15) is 57.9 Å². The van der Waals surface area contributed by atoms with Crippen molar-refractivity contribution in [3.05, 3.63) is 82.0 Å². The molecule has 2 aromatic heterocycles. The van der Waals surface area contributed by atoms with Gasteiger partial charge in [0.2, 0.25) is 5.91 Å². The van der Waals surface area contributed by atoms with Crippen molar-refractivity contribution >= 4 is 28.2 Å². The first-order valence-corrected chi connectivity index (χ1v) is 11.8. The van der Waals surface area contributed by atoms with Crippen LogP contribution < -0.4 is 11.1 Å². The van der Waals surface area contributed by atoms with E-state index in [0.717, 1.165) is 42.5 Å². The number of amides is 2. The number of anilines is 1. The van der Waals surface area contributed by atoms with Gasteiger partial charge in [-0.15, -0.1) is 11.3 Å². The van der Waals surface area contributed by atoms with Crippen LogP contribution in [0.5, 0.6) is 0 Å². The van der Waals surface area contributed by atoms with Crippen LogP contribution in [0, 0.1) is 0 Å². The second-order valence-electron chi connectivity index (χ2n) is 8.15. The highest BCUT2D eigenvalue weighted by molar-refractivity contribution is 7.17. The molecule has 0 fully saturated rings. The molecule has 1 aliphatic rings. The molecule has 2 heterocycles. The Bertz CT molecular complexity index is 1080. The number of thiophene rings is 1. The molecular weight excluding hydrogens is 420 g/mol. The van der Waals surface area contributed by atoms with E-state index in [0.29, 0.717) is 17.1 Å². The van der Waals surface area contributed by atoms with Crippen molar-refractivity contribution in [2.75, 3.05) is 11.9 Å². The number of fused-ring (bicyclic) bond motifs is 1. The van der Waals surface area contributed by atoms with Crippen LogP contribution >= 0.6 is 11.3 Å². The smallest absolute Gasteiger partial charge is 0.251 e. The molecule has 6 nitrogen and oxygen atoms in total. The van der Waals surface area contributed by atoms with E-state index in [1.54, 1.807) is 6.20 Å². The molecule has 2 amide bonds. The van der Waals surface area contributed by atoms with E-state index < -0.39 is 5.91 Å². The molecule has 1 atom stereocenters. The lowest BCUT2D eigenvalue weighted by Crippen LogP contribution is -2.35. The summed E-state index contributed by atoms with van der Waals surface area (Å²) >= 11 is 1.49. The molecule has 0 unspecified atom stereocenters. The molecule has 0 radical (unpaired) electrons. The van der Waals surface area contributed by atoms with E-state index in [-0.39, 0.29) is 18.5 Å². The molecule has 0 saturated carbocycles. The molecular formula is C25H28N4O2S. The third kappa shape index (κ3) is 5.06. The zero-order chi connectivity index (χ0) is 22.5. The molecule has 0 saturated heterocycles. The number of carbonyl (C=O) groups excluding carboxylic acids is 2. The number of benzene rings is 1. The molecule has 4 rings (SSSR count). The number of rotatable bonds is 8. The molecule has 0 aliphatic heterocycles. The van der Waals surface area contributed by atoms with Crippen LogP contribution in [0.15, 0.2) is 54.7 Å². The largest absolute Gasteiger partial charge is 0.365 e. The lowest BCUT2D eigenvalue weighted by Gasteiger charge is -2.28. The van der Waals surface area contributed by atoms with Gasteiger partial charge in [0.15, 0.2) is 0 Å². The fourth-order valence-electron chi connectivity index (χ4n) is 4.22. The van der Waals surface area contributed by atoms with Gasteiger partial charge in [0, 0.05) is 17.6 Å². The topological polar surface area (TPSA) is 88.3 Å². The zero-order valence-electron chi connectivity index (χ0n) is 18.2. The third-order valence-electron chi connectivity index (χ3n) is 5.91. The fourth-order valence-corrected chi connectivity index (χ4v) is 5.53. The molecule has 32 heavy (non-hydrogen) atoms. The molecule has 3 N–H and O–H groups in total. The van der Waals surface area contributed by atoms with Crippen LogP contribution in [0.2, 0.25) is 0 Å². The minimum Gasteiger partial charge on any atom is -0.365 e. The normalized spacial score (nSPS) is 14.1. The van der Waals surface area contributed by atoms with Gasteiger partial charge in [0.25, 0.3) is 5.91 Å². The number of carbonyl (C=O) groups is 2. The summed E-state index contributed by atoms with van der Waals surface area (Å²) in [5, 5.41) is 3.57. The highest BCUT2D eigenvalue weighted by Crippen LogP contribution is 2.38. The Morgan fingerprint density at radius 1 is 1.12 bits per heavy atom. The van der Waals surface area contributed by atoms with Crippen molar-refractivity contribution in [3.63, 3.8) is 0 Å². The number of hydrogen-bond acceptors (Lipinski definition) is 5. The molecule has 7 heteroatoms. The van der Waals surface area contributed by atoms with Crippen LogP contribution in [-0.2, 0) is 24.2 Å². The summed E-state index contributed by atoms with van der Waals surface area (Å²) < 4.78 is 0. The average molecular weight is 449 g/mol. The first kappa shape index (κ1) is 22.2. The van der Waals surface area contributed by atoms with E-state index in [2.05, 4.69) is 34.3 Å². The highest BCUT2D eigenvalue weighted by atomic mass is 32.1. The number of hydrogen-bond donors (Lipinski definition) is 2. The summed E-state index contributed by atoms with van der Waals surface area (Å²) in [5.41, 5.74) is 9.22. The Labute approximate surface area is 192 Å². The number of nitrogens with two attached hydrogens (primary N) is 1. The quantitative estimate of drug-likeness (QED) is 0.537. The van der Waals surface area contributed by atoms with Crippen molar-refractivity contribution in [1.82, 2.24) is 9.88 Å². The molecule has 166 valence electrons. The van der Waals surface area contributed by atoms with E-state index >= 15 is 0 Å². The zero-order valence-corrected chi connectivity index (χ0v) is 19.0. The standard InChI is InChI=1S/C25H28N4O2S/c1-17(20-12-7-8-14-27-20)29(15-18-9-3-2-4-10-18)16-22(30)28-25-23(24(26)31)19-11-5-6-13-21(19)32-25/h2-4,7-10,12,14,17H,5-6,11,13,15-16H2,1H3,(H2,26,31)(H,28,30)/t17-/m1/s1. The minimum atomic E-state index is -0.470. The van der Waals surface area contributed by atoms with Crippen LogP contribution in [0.3, 0.4) is 0 Å². The van der Waals surface area contributed by atoms with Gasteiger partial charge >= 0.3 is 0 Å². The summed E-state index contributed by atoms with van der Waals surface area (Å²) in [6.45, 7) is 2.83. The minimum absolute atomic E-state index is 0.0608. The maximum absolute atomic E-state index is 13.1. The number of nitrogens with one attached hydrogen (secondary N) is 1. The van der Waals surface area contributed by atoms with E-state index in [1.807, 2.05) is 36.4 Å². The number of aryl methyl sites for hydroxylation is 1. The first-order chi connectivity index (χ1) is 15.5. The Hall–Kier alpha value is -3.03. The van der Waals surface area contributed by atoms with Gasteiger partial charge in [-0.05, 0) is 55.9 Å². The maximum atomic E-state index is 13.1. The van der Waals surface area contributed by atoms with E-state index in [9.17, 15) is 9.59 Å². The summed E-state index contributed by atoms with van der Waals surface area (Å²) in [5.74, 6) is -0.632. The van der Waals surface area contributed by atoms with Gasteiger partial charge in [-0.3, -0.25) is 19.5 Å². The van der Waals surface area contributed by atoms with Crippen molar-refractivity contribution < 1.29 is 9.59 Å². The van der Waals surface area contributed by atoms with Crippen LogP contribution in [-0.4, -0.2) is 28.2 Å². The second kappa shape index (κ2) is 10.1. The summed E-state index contributed by atoms with van der Waals surface area (Å²) in [4.78, 5) is 33.0. The van der Waals surface area contributed by atoms with Gasteiger partial charge in [0.1, 0.15) is 5.00 Å². The van der Waals surface area contributed by atoms with Crippen molar-refractivity contribution in [1.29, 1.82) is 0 Å². The van der Waals surface area contributed by atoms with E-state index in [4.69, 9.17) is 5.73 Å². The SMILES string of the molecule is C[C@H](c1ccccn1)N(CC(=O)Nc1sc2c(c1C(N)=O)CCCC2)Cc1ccccc1. The summed E-state index contributed by atoms with van der Waals surface area (Å²) in [6.07, 6.45) is 5.70. The Morgan fingerprint density at radius 3 is 2.59 bits per heavy atom. The molecule has 0 bridgehead atoms. The van der Waals surface area contributed by atoms with Crippen molar-refractivity contribution in [3.8, 4) is 0 Å². The maximum Gasteiger partial charge on any atom is 0.251 e. The Morgan fingerprint density at radius 2 is 1.88 bits per heavy atom. The van der Waals surface area contributed by atoms with Crippen LogP contribution in [0.4, 0.5) is 5.00 Å². The molecule has 1 aliphatic carbocycles. The number of aromatic nitrogens is 1. The Kier molecular flexibility index (Phi) is 6.97. The average Bonchev–Trinajstić information content (AvgIpc) is 3.17. The highest BCUT2D eigenvalue weighted by Gasteiger charge is 2.26. The monoisotopic (exact) mass is 448 g/mol. The fraction of sp³-hybridized carbons (Fsp3) is 0.320. The van der Waals surface area contributed by atoms with Crippen molar-refractivity contribution in [2.45, 2.75) is 45.2 Å². The second-order valence-corrected chi connectivity index (χ2v) is 9.25. The Balaban J connectivity index is 1.55. The number of nitrogens with zero attached hydrogens (tertiary/aromatic N) is 2. The first-order valence-electron chi connectivity index (χ1n) is 11.0. The molecule has 3 aromatic rings. The predicted molar refractivity (Wildman–Crippen MR) is 128 cm³/mol. The summed E-state index contributed by atoms with van der Waals surface area (Å²) in [6, 6.07) is 15.8. The lowest BCUT2D eigenvalue weighted by atomic mass is 9.95. The predicted octanol–water partition coefficient (Wildman–Crippen LogP) is 4.32. The van der Waals surface area contributed by atoms with Crippen molar-refractivity contribution in [2.24, 2.45) is 5.73 Å². The van der Waals surface area contributed by atoms with Gasteiger partial charge in [-0.25, -0.2) is 0 Å². The van der Waals surface area contributed by atoms with Gasteiger partial charge < -0.3 is 11.1 Å². The van der Waals surface area contributed by atoms with Gasteiger partial charge in [-0.1, -0.05) is 36.4 Å². The van der Waals surface area contributed by atoms with Gasteiger partial charge in [-0.2, -0.15) is 0 Å². The molecule has 0 spiro atoms. The lowest BCUT2D eigenvalue weighted by molar-refractivity contribution is -0.118. The summed E-state index contributed by atoms with van der Waals surface area (Å²) in [7, 11) is 0. The molecule has 1 aromatic carbocycles. The number of pyridine rings is 1. The number of primary amides is 1. The van der Waals surface area contributed by atoms with Gasteiger partial charge in [0.05, 0.1) is 23.8 Å². The van der Waals surface area contributed by atoms with Crippen LogP contribution in [0.25, 0.3) is 0 Å². The van der Waals surface area contributed by atoms with E-state index in [1.165, 1.54) is 16.2 Å². The third-order valence-corrected chi connectivity index (χ3v) is 7.12.